The largest absolute Gasteiger partial charge is 0.390 e. The minimum atomic E-state index is -0.0940. The van der Waals surface area contributed by atoms with Crippen LogP contribution in [-0.4, -0.2) is 14.5 Å². The van der Waals surface area contributed by atoms with Gasteiger partial charge in [0.1, 0.15) is 5.65 Å². The van der Waals surface area contributed by atoms with Gasteiger partial charge in [-0.05, 0) is 6.07 Å². The Morgan fingerprint density at radius 2 is 2.33 bits per heavy atom. The molecular formula is C8H8N2O2. The van der Waals surface area contributed by atoms with Crippen molar-refractivity contribution in [1.29, 1.82) is 0 Å². The summed E-state index contributed by atoms with van der Waals surface area (Å²) in [5.74, 6) is 0. The predicted molar refractivity (Wildman–Crippen MR) is 43.9 cm³/mol. The molecule has 2 aromatic rings. The predicted octanol–water partition coefficient (Wildman–Crippen LogP) is 0.120. The number of H-pyrrole nitrogens is 1. The summed E-state index contributed by atoms with van der Waals surface area (Å²) in [4.78, 5) is 14.1. The number of imidazole rings is 1. The lowest BCUT2D eigenvalue weighted by Gasteiger charge is -1.87. The quantitative estimate of drug-likeness (QED) is 0.629. The average molecular weight is 164 g/mol. The molecular weight excluding hydrogens is 156 g/mol. The third-order valence-electron chi connectivity index (χ3n) is 1.73. The number of pyridine rings is 1. The summed E-state index contributed by atoms with van der Waals surface area (Å²) < 4.78 is 1.46. The van der Waals surface area contributed by atoms with Crippen LogP contribution >= 0.6 is 0 Å². The SMILES string of the molecule is O=c1cccc2[nH]c(CO)cn12. The summed E-state index contributed by atoms with van der Waals surface area (Å²) in [6, 6.07) is 4.93. The van der Waals surface area contributed by atoms with Crippen LogP contribution in [0, 0.1) is 0 Å². The van der Waals surface area contributed by atoms with Crippen molar-refractivity contribution in [3.05, 3.63) is 40.4 Å². The van der Waals surface area contributed by atoms with Crippen LogP contribution in [-0.2, 0) is 6.61 Å². The summed E-state index contributed by atoms with van der Waals surface area (Å²) >= 11 is 0. The third-order valence-corrected chi connectivity index (χ3v) is 1.73. The van der Waals surface area contributed by atoms with Crippen molar-refractivity contribution in [2.24, 2.45) is 0 Å². The second-order valence-corrected chi connectivity index (χ2v) is 2.56. The Balaban J connectivity index is 2.83. The van der Waals surface area contributed by atoms with Crippen LogP contribution < -0.4 is 5.56 Å². The van der Waals surface area contributed by atoms with Gasteiger partial charge in [-0.15, -0.1) is 0 Å². The highest BCUT2D eigenvalue weighted by Gasteiger charge is 1.98. The highest BCUT2D eigenvalue weighted by molar-refractivity contribution is 5.39. The highest BCUT2D eigenvalue weighted by Crippen LogP contribution is 2.00. The van der Waals surface area contributed by atoms with Crippen molar-refractivity contribution in [2.45, 2.75) is 6.61 Å². The van der Waals surface area contributed by atoms with Gasteiger partial charge in [-0.2, -0.15) is 0 Å². The molecule has 2 aromatic heterocycles. The van der Waals surface area contributed by atoms with Crippen LogP contribution in [0.15, 0.2) is 29.2 Å². The van der Waals surface area contributed by atoms with E-state index in [1.54, 1.807) is 18.3 Å². The molecule has 0 aliphatic carbocycles. The number of aliphatic hydroxyl groups excluding tert-OH is 1. The van der Waals surface area contributed by atoms with Gasteiger partial charge in [-0.3, -0.25) is 9.20 Å². The van der Waals surface area contributed by atoms with Gasteiger partial charge in [-0.25, -0.2) is 0 Å². The van der Waals surface area contributed by atoms with Crippen molar-refractivity contribution >= 4 is 5.65 Å². The van der Waals surface area contributed by atoms with Gasteiger partial charge in [0.05, 0.1) is 12.3 Å². The van der Waals surface area contributed by atoms with Crippen molar-refractivity contribution in [3.63, 3.8) is 0 Å². The van der Waals surface area contributed by atoms with E-state index in [-0.39, 0.29) is 12.2 Å². The molecule has 0 aliphatic rings. The third kappa shape index (κ3) is 0.931. The molecule has 0 amide bonds. The normalized spacial score (nSPS) is 10.8. The number of fused-ring (bicyclic) bond motifs is 1. The molecule has 4 nitrogen and oxygen atoms in total. The van der Waals surface area contributed by atoms with E-state index < -0.39 is 0 Å². The fourth-order valence-corrected chi connectivity index (χ4v) is 1.17. The minimum Gasteiger partial charge on any atom is -0.390 e. The first-order valence-electron chi connectivity index (χ1n) is 3.61. The first-order chi connectivity index (χ1) is 5.81. The lowest BCUT2D eigenvalue weighted by molar-refractivity contribution is 0.277. The Hall–Kier alpha value is -1.55. The zero-order valence-electron chi connectivity index (χ0n) is 6.32. The number of nitrogens with one attached hydrogen (secondary N) is 1. The molecule has 0 aromatic carbocycles. The molecule has 0 atom stereocenters. The van der Waals surface area contributed by atoms with E-state index in [1.807, 2.05) is 0 Å². The molecule has 62 valence electrons. The molecule has 12 heavy (non-hydrogen) atoms. The first kappa shape index (κ1) is 7.12. The minimum absolute atomic E-state index is 0.0822. The number of hydrogen-bond donors (Lipinski definition) is 2. The number of aromatic nitrogens is 2. The molecule has 0 unspecified atom stereocenters. The molecule has 0 saturated carbocycles. The van der Waals surface area contributed by atoms with Crippen molar-refractivity contribution in [1.82, 2.24) is 9.38 Å². The highest BCUT2D eigenvalue weighted by atomic mass is 16.3. The van der Waals surface area contributed by atoms with E-state index >= 15 is 0 Å². The van der Waals surface area contributed by atoms with Crippen molar-refractivity contribution < 1.29 is 5.11 Å². The molecule has 0 bridgehead atoms. The van der Waals surface area contributed by atoms with Crippen molar-refractivity contribution in [3.8, 4) is 0 Å². The number of hydrogen-bond acceptors (Lipinski definition) is 2. The summed E-state index contributed by atoms with van der Waals surface area (Å²) in [6.07, 6.45) is 1.59. The number of aliphatic hydroxyl groups is 1. The summed E-state index contributed by atoms with van der Waals surface area (Å²) in [5, 5.41) is 8.78. The smallest absolute Gasteiger partial charge is 0.256 e. The molecule has 2 N–H and O–H groups in total. The van der Waals surface area contributed by atoms with Crippen LogP contribution in [0.1, 0.15) is 5.69 Å². The van der Waals surface area contributed by atoms with Crippen LogP contribution in [0.25, 0.3) is 5.65 Å². The van der Waals surface area contributed by atoms with Crippen LogP contribution in [0.3, 0.4) is 0 Å². The van der Waals surface area contributed by atoms with Gasteiger partial charge >= 0.3 is 0 Å². The average Bonchev–Trinajstić information content (AvgIpc) is 2.49. The van der Waals surface area contributed by atoms with E-state index in [2.05, 4.69) is 4.98 Å². The topological polar surface area (TPSA) is 57.5 Å². The van der Waals surface area contributed by atoms with Gasteiger partial charge in [0.15, 0.2) is 0 Å². The maximum Gasteiger partial charge on any atom is 0.256 e. The lowest BCUT2D eigenvalue weighted by atomic mass is 10.5. The van der Waals surface area contributed by atoms with Gasteiger partial charge in [0, 0.05) is 12.3 Å². The lowest BCUT2D eigenvalue weighted by Crippen LogP contribution is -2.08. The summed E-state index contributed by atoms with van der Waals surface area (Å²) in [5.41, 5.74) is 1.24. The molecule has 0 fully saturated rings. The maximum atomic E-state index is 11.2. The van der Waals surface area contributed by atoms with E-state index in [1.165, 1.54) is 10.5 Å². The number of rotatable bonds is 1. The Morgan fingerprint density at radius 3 is 3.00 bits per heavy atom. The number of nitrogens with zero attached hydrogens (tertiary/aromatic N) is 1. The van der Waals surface area contributed by atoms with Crippen LogP contribution in [0.2, 0.25) is 0 Å². The Labute approximate surface area is 68.1 Å². The van der Waals surface area contributed by atoms with Gasteiger partial charge in [-0.1, -0.05) is 6.07 Å². The monoisotopic (exact) mass is 164 g/mol. The van der Waals surface area contributed by atoms with Gasteiger partial charge < -0.3 is 10.1 Å². The van der Waals surface area contributed by atoms with Crippen LogP contribution in [0.4, 0.5) is 0 Å². The molecule has 2 heterocycles. The fraction of sp³-hybridized carbons (Fsp3) is 0.125. The van der Waals surface area contributed by atoms with Gasteiger partial charge in [0.25, 0.3) is 5.56 Å². The van der Waals surface area contributed by atoms with Gasteiger partial charge in [0.2, 0.25) is 0 Å². The second kappa shape index (κ2) is 2.49. The molecule has 0 radical (unpaired) electrons. The van der Waals surface area contributed by atoms with Crippen molar-refractivity contribution in [2.75, 3.05) is 0 Å². The molecule has 0 spiro atoms. The van der Waals surface area contributed by atoms with E-state index in [0.717, 1.165) is 0 Å². The molecule has 2 rings (SSSR count). The maximum absolute atomic E-state index is 11.2. The summed E-state index contributed by atoms with van der Waals surface area (Å²) in [6.45, 7) is -0.0822. The Bertz CT molecular complexity index is 455. The van der Waals surface area contributed by atoms with E-state index in [4.69, 9.17) is 5.11 Å². The molecule has 0 saturated heterocycles. The molecule has 0 aliphatic heterocycles. The fourth-order valence-electron chi connectivity index (χ4n) is 1.17. The molecule has 4 heteroatoms. The number of aromatic amines is 1. The first-order valence-corrected chi connectivity index (χ1v) is 3.61. The standard InChI is InChI=1S/C8H8N2O2/c11-5-6-4-10-7(9-6)2-1-3-8(10)12/h1-4,9,11H,5H2. The summed E-state index contributed by atoms with van der Waals surface area (Å²) in [7, 11) is 0. The van der Waals surface area contributed by atoms with E-state index in [9.17, 15) is 4.79 Å². The van der Waals surface area contributed by atoms with Crippen LogP contribution in [0.5, 0.6) is 0 Å². The van der Waals surface area contributed by atoms with E-state index in [0.29, 0.717) is 11.3 Å². The zero-order chi connectivity index (χ0) is 8.55. The Morgan fingerprint density at radius 1 is 1.50 bits per heavy atom. The second-order valence-electron chi connectivity index (χ2n) is 2.56. The zero-order valence-corrected chi connectivity index (χ0v) is 6.32. The Kier molecular flexibility index (Phi) is 1.48.